The summed E-state index contributed by atoms with van der Waals surface area (Å²) in [5.74, 6) is -0.413. The number of rotatable bonds is 10. The van der Waals surface area contributed by atoms with Crippen LogP contribution in [-0.4, -0.2) is 59.5 Å². The second-order valence-corrected chi connectivity index (χ2v) is 10.8. The first-order valence-corrected chi connectivity index (χ1v) is 14.1. The van der Waals surface area contributed by atoms with Gasteiger partial charge in [-0.25, -0.2) is 0 Å². The van der Waals surface area contributed by atoms with Crippen molar-refractivity contribution in [3.05, 3.63) is 89.6 Å². The number of aromatic nitrogens is 1. The van der Waals surface area contributed by atoms with Crippen LogP contribution in [0.4, 0.5) is 8.78 Å². The molecule has 1 saturated heterocycles. The number of pyridine rings is 1. The summed E-state index contributed by atoms with van der Waals surface area (Å²) in [5.41, 5.74) is 0.296. The summed E-state index contributed by atoms with van der Waals surface area (Å²) in [4.78, 5) is 45.3. The van der Waals surface area contributed by atoms with E-state index >= 15 is 0 Å². The highest BCUT2D eigenvalue weighted by atomic mass is 32.1. The third kappa shape index (κ3) is 7.07. The molecule has 0 aliphatic carbocycles. The molecule has 5 rings (SSSR count). The summed E-state index contributed by atoms with van der Waals surface area (Å²) in [5, 5.41) is 6.37. The van der Waals surface area contributed by atoms with Crippen molar-refractivity contribution in [3.8, 4) is 11.5 Å². The van der Waals surface area contributed by atoms with E-state index in [0.29, 0.717) is 17.1 Å². The number of halogens is 2. The minimum Gasteiger partial charge on any atom is -0.457 e. The second kappa shape index (κ2) is 13.0. The van der Waals surface area contributed by atoms with E-state index in [9.17, 15) is 23.2 Å². The van der Waals surface area contributed by atoms with E-state index in [-0.39, 0.29) is 13.0 Å². The fraction of sp³-hybridized carbons (Fsp3) is 0.267. The van der Waals surface area contributed by atoms with Gasteiger partial charge in [0, 0.05) is 45.9 Å². The van der Waals surface area contributed by atoms with Crippen LogP contribution in [0.1, 0.15) is 34.6 Å². The number of carbonyl (C=O) groups is 3. The predicted octanol–water partition coefficient (Wildman–Crippen LogP) is 4.90. The predicted molar refractivity (Wildman–Crippen MR) is 152 cm³/mol. The Morgan fingerprint density at radius 3 is 2.52 bits per heavy atom. The molecule has 1 fully saturated rings. The maximum Gasteiger partial charge on any atom is 0.345 e. The van der Waals surface area contributed by atoms with E-state index in [4.69, 9.17) is 4.74 Å². The molecular formula is C30H28F2N4O5S. The highest BCUT2D eigenvalue weighted by molar-refractivity contribution is 7.19. The molecule has 9 nitrogen and oxygen atoms in total. The van der Waals surface area contributed by atoms with Crippen LogP contribution in [0.5, 0.6) is 11.5 Å². The fourth-order valence-electron chi connectivity index (χ4n) is 4.72. The molecule has 0 saturated carbocycles. The average molecular weight is 595 g/mol. The number of amides is 3. The lowest BCUT2D eigenvalue weighted by Crippen LogP contribution is -2.49. The number of fused-ring (bicyclic) bond motifs is 1. The van der Waals surface area contributed by atoms with Gasteiger partial charge in [-0.05, 0) is 55.5 Å². The molecule has 218 valence electrons. The molecule has 3 heterocycles. The first kappa shape index (κ1) is 29.1. The highest BCUT2D eigenvalue weighted by Crippen LogP contribution is 2.30. The Bertz CT molecular complexity index is 1520. The summed E-state index contributed by atoms with van der Waals surface area (Å²) in [7, 11) is 0. The van der Waals surface area contributed by atoms with E-state index in [1.165, 1.54) is 16.2 Å². The van der Waals surface area contributed by atoms with Crippen molar-refractivity contribution in [1.82, 2.24) is 20.5 Å². The number of hydrogen-bond acceptors (Lipinski definition) is 7. The van der Waals surface area contributed by atoms with Crippen LogP contribution in [0.15, 0.2) is 79.1 Å². The van der Waals surface area contributed by atoms with Gasteiger partial charge in [0.25, 0.3) is 5.91 Å². The highest BCUT2D eigenvalue weighted by Gasteiger charge is 2.41. The molecule has 2 aromatic heterocycles. The van der Waals surface area contributed by atoms with E-state index < -0.39 is 49.1 Å². The van der Waals surface area contributed by atoms with Crippen LogP contribution in [-0.2, 0) is 14.3 Å². The molecule has 3 atom stereocenters. The van der Waals surface area contributed by atoms with Gasteiger partial charge in [0.2, 0.25) is 11.8 Å². The number of thiophene rings is 1. The van der Waals surface area contributed by atoms with Crippen molar-refractivity contribution in [1.29, 1.82) is 0 Å². The average Bonchev–Trinajstić information content (AvgIpc) is 3.61. The number of hydrogen-bond donors (Lipinski definition) is 2. The van der Waals surface area contributed by atoms with E-state index in [1.54, 1.807) is 55.7 Å². The van der Waals surface area contributed by atoms with E-state index in [2.05, 4.69) is 20.4 Å². The number of carbonyl (C=O) groups excluding carboxylic acids is 3. The van der Waals surface area contributed by atoms with Crippen LogP contribution in [0.2, 0.25) is 0 Å². The standard InChI is InChI=1S/C30H28F2N4O5S/c1-18(26-13-20-15-33-12-11-25(20)42-26)35-29(39)24-14-23(41-30(31)32)17-36(24)27(37)16-34-28(38)19-7-9-22(10-8-19)40-21-5-3-2-4-6-21/h2-13,15,18,23-24,30H,14,16-17H2,1H3,(H,34,38)(H,35,39)/t18-,23-,24?/m1/s1. The molecule has 2 aromatic carbocycles. The van der Waals surface area contributed by atoms with Crippen LogP contribution in [0, 0.1) is 0 Å². The van der Waals surface area contributed by atoms with Crippen LogP contribution in [0.25, 0.3) is 10.1 Å². The minimum absolute atomic E-state index is 0.0954. The van der Waals surface area contributed by atoms with Crippen LogP contribution in [0.3, 0.4) is 0 Å². The number of alkyl halides is 2. The zero-order valence-corrected chi connectivity index (χ0v) is 23.4. The zero-order chi connectivity index (χ0) is 29.6. The Labute approximate surface area is 244 Å². The van der Waals surface area contributed by atoms with Crippen molar-refractivity contribution in [2.45, 2.75) is 38.1 Å². The van der Waals surface area contributed by atoms with Crippen LogP contribution >= 0.6 is 11.3 Å². The van der Waals surface area contributed by atoms with Crippen LogP contribution < -0.4 is 15.4 Å². The number of nitrogens with zero attached hydrogens (tertiary/aromatic N) is 2. The SMILES string of the molecule is C[C@@H](NC(=O)C1C[C@@H](OC(F)F)CN1C(=O)CNC(=O)c1ccc(Oc2ccccc2)cc1)c1cc2cnccc2s1. The molecular weight excluding hydrogens is 566 g/mol. The third-order valence-corrected chi connectivity index (χ3v) is 8.10. The molecule has 0 radical (unpaired) electrons. The van der Waals surface area contributed by atoms with E-state index in [0.717, 1.165) is 15.0 Å². The number of nitrogens with one attached hydrogen (secondary N) is 2. The maximum absolute atomic E-state index is 13.3. The van der Waals surface area contributed by atoms with Gasteiger partial charge >= 0.3 is 6.61 Å². The Hall–Kier alpha value is -4.42. The van der Waals surface area contributed by atoms with Gasteiger partial charge in [0.05, 0.1) is 18.7 Å². The van der Waals surface area contributed by atoms with Crippen molar-refractivity contribution in [3.63, 3.8) is 0 Å². The molecule has 1 unspecified atom stereocenters. The quantitative estimate of drug-likeness (QED) is 0.270. The summed E-state index contributed by atoms with van der Waals surface area (Å²) in [6, 6.07) is 17.9. The Morgan fingerprint density at radius 2 is 1.81 bits per heavy atom. The lowest BCUT2D eigenvalue weighted by atomic mass is 10.1. The summed E-state index contributed by atoms with van der Waals surface area (Å²) < 4.78 is 37.3. The van der Waals surface area contributed by atoms with Crippen molar-refractivity contribution in [2.24, 2.45) is 0 Å². The summed E-state index contributed by atoms with van der Waals surface area (Å²) in [6.07, 6.45) is 2.30. The molecule has 1 aliphatic heterocycles. The first-order valence-electron chi connectivity index (χ1n) is 13.2. The molecule has 2 N–H and O–H groups in total. The second-order valence-electron chi connectivity index (χ2n) is 9.73. The van der Waals surface area contributed by atoms with Gasteiger partial charge < -0.3 is 25.0 Å². The van der Waals surface area contributed by atoms with Gasteiger partial charge in [0.15, 0.2) is 0 Å². The largest absolute Gasteiger partial charge is 0.457 e. The fourth-order valence-corrected chi connectivity index (χ4v) is 5.76. The molecule has 0 bridgehead atoms. The Balaban J connectivity index is 1.20. The monoisotopic (exact) mass is 594 g/mol. The van der Waals surface area contributed by atoms with Crippen molar-refractivity contribution >= 4 is 39.1 Å². The van der Waals surface area contributed by atoms with Gasteiger partial charge in [-0.2, -0.15) is 8.78 Å². The number of likely N-dealkylation sites (tertiary alicyclic amines) is 1. The maximum atomic E-state index is 13.3. The minimum atomic E-state index is -3.05. The molecule has 3 amide bonds. The summed E-state index contributed by atoms with van der Waals surface area (Å²) in [6.45, 7) is -1.87. The molecule has 12 heteroatoms. The number of para-hydroxylation sites is 1. The van der Waals surface area contributed by atoms with Crippen molar-refractivity contribution < 1.29 is 32.6 Å². The lowest BCUT2D eigenvalue weighted by molar-refractivity contribution is -0.160. The normalized spacial score (nSPS) is 17.3. The summed E-state index contributed by atoms with van der Waals surface area (Å²) >= 11 is 1.50. The molecule has 0 spiro atoms. The lowest BCUT2D eigenvalue weighted by Gasteiger charge is -2.25. The van der Waals surface area contributed by atoms with Gasteiger partial charge in [-0.3, -0.25) is 19.4 Å². The zero-order valence-electron chi connectivity index (χ0n) is 22.5. The van der Waals surface area contributed by atoms with E-state index in [1.807, 2.05) is 30.3 Å². The first-order chi connectivity index (χ1) is 20.3. The molecule has 4 aromatic rings. The van der Waals surface area contributed by atoms with Gasteiger partial charge in [-0.15, -0.1) is 11.3 Å². The topological polar surface area (TPSA) is 110 Å². The number of ether oxygens (including phenoxy) is 2. The van der Waals surface area contributed by atoms with Gasteiger partial charge in [0.1, 0.15) is 17.5 Å². The molecule has 1 aliphatic rings. The van der Waals surface area contributed by atoms with Crippen molar-refractivity contribution in [2.75, 3.05) is 13.1 Å². The Morgan fingerprint density at radius 1 is 1.07 bits per heavy atom. The van der Waals surface area contributed by atoms with Gasteiger partial charge in [-0.1, -0.05) is 18.2 Å². The smallest absolute Gasteiger partial charge is 0.345 e. The third-order valence-electron chi connectivity index (χ3n) is 6.80. The Kier molecular flexibility index (Phi) is 9.03. The molecule has 42 heavy (non-hydrogen) atoms. The number of benzene rings is 2.